The number of carboxylic acids is 1. The molecule has 0 saturated heterocycles. The third kappa shape index (κ3) is 2.94. The lowest BCUT2D eigenvalue weighted by atomic mass is 9.66. The predicted molar refractivity (Wildman–Crippen MR) is 75.0 cm³/mol. The minimum atomic E-state index is -0.573. The molecule has 100 valence electrons. The lowest BCUT2D eigenvalue weighted by Gasteiger charge is -2.37. The molecular weight excluding hydrogens is 244 g/mol. The average Bonchev–Trinajstić information content (AvgIpc) is 2.89. The van der Waals surface area contributed by atoms with Gasteiger partial charge in [0.2, 0.25) is 0 Å². The highest BCUT2D eigenvalue weighted by Gasteiger charge is 2.41. The van der Waals surface area contributed by atoms with E-state index in [-0.39, 0.29) is 0 Å². The van der Waals surface area contributed by atoms with Crippen LogP contribution in [0.15, 0.2) is 16.8 Å². The zero-order chi connectivity index (χ0) is 13.0. The Morgan fingerprint density at radius 1 is 1.61 bits per heavy atom. The highest BCUT2D eigenvalue weighted by atomic mass is 32.1. The summed E-state index contributed by atoms with van der Waals surface area (Å²) in [5.41, 5.74) is 0.833. The van der Waals surface area contributed by atoms with Crippen LogP contribution >= 0.6 is 11.3 Å². The molecule has 2 nitrogen and oxygen atoms in total. The fourth-order valence-electron chi connectivity index (χ4n) is 3.18. The second kappa shape index (κ2) is 5.87. The van der Waals surface area contributed by atoms with Gasteiger partial charge in [-0.2, -0.15) is 11.3 Å². The van der Waals surface area contributed by atoms with Crippen molar-refractivity contribution in [3.05, 3.63) is 22.4 Å². The van der Waals surface area contributed by atoms with Gasteiger partial charge in [-0.15, -0.1) is 0 Å². The van der Waals surface area contributed by atoms with Gasteiger partial charge in [-0.1, -0.05) is 26.2 Å². The first kappa shape index (κ1) is 13.6. The number of thiophene rings is 1. The van der Waals surface area contributed by atoms with E-state index in [9.17, 15) is 9.90 Å². The molecule has 1 aliphatic rings. The molecule has 0 spiro atoms. The Bertz CT molecular complexity index is 385. The largest absolute Gasteiger partial charge is 0.481 e. The zero-order valence-corrected chi connectivity index (χ0v) is 11.8. The monoisotopic (exact) mass is 266 g/mol. The second-order valence-electron chi connectivity index (χ2n) is 5.59. The second-order valence-corrected chi connectivity index (χ2v) is 6.37. The molecular formula is C15H22O2S. The topological polar surface area (TPSA) is 37.3 Å². The van der Waals surface area contributed by atoms with Crippen molar-refractivity contribution in [2.45, 2.75) is 51.9 Å². The van der Waals surface area contributed by atoms with E-state index in [0.717, 1.165) is 38.5 Å². The van der Waals surface area contributed by atoms with Gasteiger partial charge in [0.25, 0.3) is 0 Å². The van der Waals surface area contributed by atoms with E-state index in [2.05, 4.69) is 23.8 Å². The van der Waals surface area contributed by atoms with Crippen molar-refractivity contribution in [1.82, 2.24) is 0 Å². The molecule has 18 heavy (non-hydrogen) atoms. The van der Waals surface area contributed by atoms with Crippen LogP contribution in [-0.2, 0) is 11.2 Å². The lowest BCUT2D eigenvalue weighted by molar-refractivity contribution is -0.152. The van der Waals surface area contributed by atoms with Crippen LogP contribution in [0, 0.1) is 11.3 Å². The van der Waals surface area contributed by atoms with Crippen LogP contribution < -0.4 is 0 Å². The van der Waals surface area contributed by atoms with Gasteiger partial charge in [0.1, 0.15) is 0 Å². The maximum atomic E-state index is 11.7. The summed E-state index contributed by atoms with van der Waals surface area (Å²) in [6, 6.07) is 2.11. The van der Waals surface area contributed by atoms with Gasteiger partial charge in [-0.3, -0.25) is 4.79 Å². The van der Waals surface area contributed by atoms with Gasteiger partial charge in [0.05, 0.1) is 5.41 Å². The van der Waals surface area contributed by atoms with E-state index >= 15 is 0 Å². The van der Waals surface area contributed by atoms with Crippen LogP contribution in [0.4, 0.5) is 0 Å². The van der Waals surface area contributed by atoms with E-state index in [4.69, 9.17) is 0 Å². The number of aliphatic carboxylic acids is 1. The summed E-state index contributed by atoms with van der Waals surface area (Å²) in [5, 5.41) is 13.8. The zero-order valence-electron chi connectivity index (χ0n) is 11.0. The van der Waals surface area contributed by atoms with E-state index in [1.54, 1.807) is 11.3 Å². The Balaban J connectivity index is 2.04. The molecule has 1 aliphatic carbocycles. The Kier molecular flexibility index (Phi) is 4.44. The van der Waals surface area contributed by atoms with E-state index in [0.29, 0.717) is 5.92 Å². The minimum Gasteiger partial charge on any atom is -0.481 e. The highest BCUT2D eigenvalue weighted by molar-refractivity contribution is 7.07. The maximum absolute atomic E-state index is 11.7. The van der Waals surface area contributed by atoms with Crippen molar-refractivity contribution in [2.75, 3.05) is 0 Å². The first-order chi connectivity index (χ1) is 8.66. The Labute approximate surface area is 113 Å². The molecule has 1 N–H and O–H groups in total. The van der Waals surface area contributed by atoms with Crippen LogP contribution in [0.25, 0.3) is 0 Å². The third-order valence-corrected chi connectivity index (χ3v) is 5.18. The van der Waals surface area contributed by atoms with Crippen molar-refractivity contribution < 1.29 is 9.90 Å². The molecule has 1 heterocycles. The van der Waals surface area contributed by atoms with Crippen LogP contribution in [0.1, 0.15) is 51.0 Å². The van der Waals surface area contributed by atoms with Gasteiger partial charge < -0.3 is 5.11 Å². The molecule has 2 rings (SSSR count). The number of hydrogen-bond donors (Lipinski definition) is 1. The van der Waals surface area contributed by atoms with Gasteiger partial charge in [0, 0.05) is 0 Å². The molecule has 0 aliphatic heterocycles. The molecule has 0 amide bonds. The van der Waals surface area contributed by atoms with Gasteiger partial charge in [-0.25, -0.2) is 0 Å². The molecule has 3 heteroatoms. The van der Waals surface area contributed by atoms with Gasteiger partial charge >= 0.3 is 5.97 Å². The van der Waals surface area contributed by atoms with Crippen LogP contribution in [0.2, 0.25) is 0 Å². The molecule has 1 fully saturated rings. The van der Waals surface area contributed by atoms with Gasteiger partial charge in [-0.05, 0) is 54.0 Å². The van der Waals surface area contributed by atoms with Gasteiger partial charge in [0.15, 0.2) is 0 Å². The molecule has 2 atom stereocenters. The standard InChI is InChI=1S/C15H22O2S/c1-2-12-4-3-7-15(10-12,14(16)17)8-5-13-6-9-18-11-13/h6,9,11-12H,2-5,7-8,10H2,1H3,(H,16,17). The van der Waals surface area contributed by atoms with E-state index in [1.807, 2.05) is 0 Å². The molecule has 2 unspecified atom stereocenters. The van der Waals surface area contributed by atoms with Crippen LogP contribution in [0.5, 0.6) is 0 Å². The molecule has 1 aromatic rings. The number of aryl methyl sites for hydroxylation is 1. The van der Waals surface area contributed by atoms with Crippen molar-refractivity contribution in [3.63, 3.8) is 0 Å². The summed E-state index contributed by atoms with van der Waals surface area (Å²) < 4.78 is 0. The fraction of sp³-hybridized carbons (Fsp3) is 0.667. The van der Waals surface area contributed by atoms with Crippen molar-refractivity contribution in [3.8, 4) is 0 Å². The predicted octanol–water partition coefficient (Wildman–Crippen LogP) is 4.35. The maximum Gasteiger partial charge on any atom is 0.309 e. The first-order valence-electron chi connectivity index (χ1n) is 6.91. The number of rotatable bonds is 5. The highest BCUT2D eigenvalue weighted by Crippen LogP contribution is 2.44. The molecule has 1 saturated carbocycles. The summed E-state index contributed by atoms with van der Waals surface area (Å²) in [6.07, 6.45) is 6.86. The normalized spacial score (nSPS) is 28.2. The minimum absolute atomic E-state index is 0.457. The van der Waals surface area contributed by atoms with Crippen LogP contribution in [-0.4, -0.2) is 11.1 Å². The smallest absolute Gasteiger partial charge is 0.309 e. The molecule has 0 radical (unpaired) electrons. The SMILES string of the molecule is CCC1CCCC(CCc2ccsc2)(C(=O)O)C1. The average molecular weight is 266 g/mol. The quantitative estimate of drug-likeness (QED) is 0.860. The van der Waals surface area contributed by atoms with Crippen LogP contribution in [0.3, 0.4) is 0 Å². The first-order valence-corrected chi connectivity index (χ1v) is 7.85. The van der Waals surface area contributed by atoms with Crippen molar-refractivity contribution in [2.24, 2.45) is 11.3 Å². The summed E-state index contributed by atoms with van der Waals surface area (Å²) in [7, 11) is 0. The Hall–Kier alpha value is -0.830. The van der Waals surface area contributed by atoms with E-state index < -0.39 is 11.4 Å². The number of carbonyl (C=O) groups is 1. The Morgan fingerprint density at radius 2 is 2.44 bits per heavy atom. The summed E-state index contributed by atoms with van der Waals surface area (Å²) >= 11 is 1.69. The van der Waals surface area contributed by atoms with Crippen molar-refractivity contribution >= 4 is 17.3 Å². The Morgan fingerprint density at radius 3 is 3.06 bits per heavy atom. The summed E-state index contributed by atoms with van der Waals surface area (Å²) in [6.45, 7) is 2.18. The third-order valence-electron chi connectivity index (χ3n) is 4.45. The fourth-order valence-corrected chi connectivity index (χ4v) is 3.88. The molecule has 1 aromatic heterocycles. The molecule has 0 bridgehead atoms. The summed E-state index contributed by atoms with van der Waals surface area (Å²) in [4.78, 5) is 11.7. The number of carboxylic acid groups (broad SMARTS) is 1. The lowest BCUT2D eigenvalue weighted by Crippen LogP contribution is -2.36. The summed E-state index contributed by atoms with van der Waals surface area (Å²) in [5.74, 6) is 0.0354. The van der Waals surface area contributed by atoms with E-state index in [1.165, 1.54) is 12.0 Å². The number of hydrogen-bond acceptors (Lipinski definition) is 2. The van der Waals surface area contributed by atoms with Crippen molar-refractivity contribution in [1.29, 1.82) is 0 Å². The molecule has 0 aromatic carbocycles.